The number of anilines is 2. The molecule has 0 bridgehead atoms. The van der Waals surface area contributed by atoms with E-state index in [9.17, 15) is 9.59 Å². The van der Waals surface area contributed by atoms with E-state index < -0.39 is 0 Å². The van der Waals surface area contributed by atoms with E-state index in [2.05, 4.69) is 15.4 Å². The Morgan fingerprint density at radius 1 is 1.10 bits per heavy atom. The molecule has 0 aliphatic rings. The van der Waals surface area contributed by atoms with Gasteiger partial charge in [0.25, 0.3) is 5.91 Å². The number of fused-ring (bicyclic) bond motifs is 1. The summed E-state index contributed by atoms with van der Waals surface area (Å²) in [5.74, 6) is 0.153. The molecule has 156 valence electrons. The number of benzene rings is 1. The Hall–Kier alpha value is -4.20. The molecule has 31 heavy (non-hydrogen) atoms. The minimum atomic E-state index is -0.163. The van der Waals surface area contributed by atoms with E-state index in [0.29, 0.717) is 17.1 Å². The molecular formula is C23H21N5O3. The van der Waals surface area contributed by atoms with E-state index in [1.165, 1.54) is 14.0 Å². The van der Waals surface area contributed by atoms with Crippen LogP contribution < -0.4 is 15.0 Å². The molecule has 0 saturated heterocycles. The Morgan fingerprint density at radius 2 is 1.87 bits per heavy atom. The van der Waals surface area contributed by atoms with Crippen LogP contribution >= 0.6 is 0 Å². The van der Waals surface area contributed by atoms with Gasteiger partial charge in [-0.2, -0.15) is 5.10 Å². The Labute approximate surface area is 179 Å². The van der Waals surface area contributed by atoms with Crippen molar-refractivity contribution in [1.29, 1.82) is 0 Å². The fourth-order valence-corrected chi connectivity index (χ4v) is 3.30. The number of carbonyl (C=O) groups is 2. The summed E-state index contributed by atoms with van der Waals surface area (Å²) in [6.07, 6.45) is 5.12. The number of aromatic nitrogens is 3. The van der Waals surface area contributed by atoms with Crippen LogP contribution in [-0.2, 0) is 4.79 Å². The maximum atomic E-state index is 13.1. The lowest BCUT2D eigenvalue weighted by atomic mass is 10.1. The van der Waals surface area contributed by atoms with Gasteiger partial charge in [-0.1, -0.05) is 12.1 Å². The van der Waals surface area contributed by atoms with Gasteiger partial charge >= 0.3 is 0 Å². The van der Waals surface area contributed by atoms with E-state index in [-0.39, 0.29) is 11.8 Å². The van der Waals surface area contributed by atoms with Crippen molar-refractivity contribution in [3.63, 3.8) is 0 Å². The molecule has 3 aromatic heterocycles. The van der Waals surface area contributed by atoms with Crippen LogP contribution in [-0.4, -0.2) is 40.6 Å². The first-order chi connectivity index (χ1) is 15.0. The number of amides is 2. The lowest BCUT2D eigenvalue weighted by Gasteiger charge is -2.18. The summed E-state index contributed by atoms with van der Waals surface area (Å²) >= 11 is 0. The summed E-state index contributed by atoms with van der Waals surface area (Å²) in [5.41, 5.74) is 4.55. The summed E-state index contributed by atoms with van der Waals surface area (Å²) in [6.45, 7) is 1.47. The van der Waals surface area contributed by atoms with Gasteiger partial charge in [0.1, 0.15) is 0 Å². The standard InChI is InChI=1S/C23H21N5O3/c1-15(29)26-18-6-4-16(5-7-18)20-14-25-28-11-9-17(12-21(20)28)23(30)27(2)19-8-10-24-22(13-19)31-3/h4-14H,1-3H3,(H,26,29). The van der Waals surface area contributed by atoms with Gasteiger partial charge < -0.3 is 15.0 Å². The van der Waals surface area contributed by atoms with Crippen LogP contribution in [0.3, 0.4) is 0 Å². The first-order valence-corrected chi connectivity index (χ1v) is 9.60. The molecule has 4 aromatic rings. The summed E-state index contributed by atoms with van der Waals surface area (Å²) in [4.78, 5) is 30.0. The highest BCUT2D eigenvalue weighted by molar-refractivity contribution is 6.06. The van der Waals surface area contributed by atoms with Crippen LogP contribution in [0, 0.1) is 0 Å². The van der Waals surface area contributed by atoms with Gasteiger partial charge in [0.2, 0.25) is 11.8 Å². The summed E-state index contributed by atoms with van der Waals surface area (Å²) in [5, 5.41) is 7.14. The van der Waals surface area contributed by atoms with Crippen molar-refractivity contribution in [2.24, 2.45) is 0 Å². The molecule has 0 atom stereocenters. The summed E-state index contributed by atoms with van der Waals surface area (Å²) in [7, 11) is 3.24. The lowest BCUT2D eigenvalue weighted by Crippen LogP contribution is -2.26. The fourth-order valence-electron chi connectivity index (χ4n) is 3.30. The number of hydrogen-bond acceptors (Lipinski definition) is 5. The van der Waals surface area contributed by atoms with Crippen molar-refractivity contribution in [2.45, 2.75) is 6.92 Å². The fraction of sp³-hybridized carbons (Fsp3) is 0.130. The number of pyridine rings is 2. The molecular weight excluding hydrogens is 394 g/mol. The van der Waals surface area contributed by atoms with Crippen molar-refractivity contribution < 1.29 is 14.3 Å². The van der Waals surface area contributed by atoms with E-state index in [1.807, 2.05) is 30.3 Å². The van der Waals surface area contributed by atoms with E-state index in [0.717, 1.165) is 22.3 Å². The highest BCUT2D eigenvalue weighted by atomic mass is 16.5. The van der Waals surface area contributed by atoms with Crippen molar-refractivity contribution >= 4 is 28.7 Å². The highest BCUT2D eigenvalue weighted by Gasteiger charge is 2.16. The molecule has 0 unspecified atom stereocenters. The maximum absolute atomic E-state index is 13.1. The molecule has 0 fully saturated rings. The summed E-state index contributed by atoms with van der Waals surface area (Å²) < 4.78 is 6.87. The third kappa shape index (κ3) is 4.09. The largest absolute Gasteiger partial charge is 0.481 e. The van der Waals surface area contributed by atoms with Crippen molar-refractivity contribution in [3.05, 3.63) is 72.7 Å². The summed E-state index contributed by atoms with van der Waals surface area (Å²) in [6, 6.07) is 14.5. The molecule has 1 aromatic carbocycles. The zero-order valence-corrected chi connectivity index (χ0v) is 17.4. The topological polar surface area (TPSA) is 88.8 Å². The number of nitrogens with one attached hydrogen (secondary N) is 1. The molecule has 2 amide bonds. The molecule has 1 N–H and O–H groups in total. The van der Waals surface area contributed by atoms with Gasteiger partial charge in [0.05, 0.1) is 24.5 Å². The Bertz CT molecular complexity index is 1260. The third-order valence-corrected chi connectivity index (χ3v) is 4.90. The molecule has 8 nitrogen and oxygen atoms in total. The molecule has 3 heterocycles. The molecule has 0 saturated carbocycles. The normalized spacial score (nSPS) is 10.7. The average Bonchev–Trinajstić information content (AvgIpc) is 3.21. The smallest absolute Gasteiger partial charge is 0.258 e. The Morgan fingerprint density at radius 3 is 2.58 bits per heavy atom. The highest BCUT2D eigenvalue weighted by Crippen LogP contribution is 2.27. The SMILES string of the molecule is COc1cc(N(C)C(=O)c2ccn3ncc(-c4ccc(NC(C)=O)cc4)c3c2)ccn1. The van der Waals surface area contributed by atoms with Gasteiger partial charge in [-0.05, 0) is 35.9 Å². The van der Waals surface area contributed by atoms with Crippen LogP contribution in [0.1, 0.15) is 17.3 Å². The second kappa shape index (κ2) is 8.27. The monoisotopic (exact) mass is 415 g/mol. The van der Waals surface area contributed by atoms with Crippen LogP contribution in [0.4, 0.5) is 11.4 Å². The molecule has 0 aliphatic heterocycles. The number of carbonyl (C=O) groups excluding carboxylic acids is 2. The zero-order chi connectivity index (χ0) is 22.0. The van der Waals surface area contributed by atoms with Gasteiger partial charge in [-0.3, -0.25) is 9.59 Å². The van der Waals surface area contributed by atoms with Crippen molar-refractivity contribution in [2.75, 3.05) is 24.4 Å². The second-order valence-corrected chi connectivity index (χ2v) is 6.98. The molecule has 0 aliphatic carbocycles. The molecule has 4 rings (SSSR count). The minimum Gasteiger partial charge on any atom is -0.481 e. The van der Waals surface area contributed by atoms with Crippen molar-refractivity contribution in [1.82, 2.24) is 14.6 Å². The predicted molar refractivity (Wildman–Crippen MR) is 118 cm³/mol. The number of rotatable bonds is 5. The second-order valence-electron chi connectivity index (χ2n) is 6.98. The van der Waals surface area contributed by atoms with Gasteiger partial charge in [0.15, 0.2) is 0 Å². The number of ether oxygens (including phenoxy) is 1. The zero-order valence-electron chi connectivity index (χ0n) is 17.4. The quantitative estimate of drug-likeness (QED) is 0.538. The van der Waals surface area contributed by atoms with Crippen LogP contribution in [0.25, 0.3) is 16.6 Å². The van der Waals surface area contributed by atoms with E-state index in [1.54, 1.807) is 53.3 Å². The van der Waals surface area contributed by atoms with Crippen LogP contribution in [0.2, 0.25) is 0 Å². The average molecular weight is 415 g/mol. The van der Waals surface area contributed by atoms with E-state index >= 15 is 0 Å². The Kier molecular flexibility index (Phi) is 5.36. The maximum Gasteiger partial charge on any atom is 0.258 e. The van der Waals surface area contributed by atoms with Crippen LogP contribution in [0.5, 0.6) is 5.88 Å². The van der Waals surface area contributed by atoms with Gasteiger partial charge in [-0.25, -0.2) is 9.50 Å². The predicted octanol–water partition coefficient (Wildman–Crippen LogP) is 3.64. The van der Waals surface area contributed by atoms with Crippen molar-refractivity contribution in [3.8, 4) is 17.0 Å². The number of methoxy groups -OCH3 is 1. The molecule has 8 heteroatoms. The minimum absolute atomic E-state index is 0.122. The lowest BCUT2D eigenvalue weighted by molar-refractivity contribution is -0.114. The van der Waals surface area contributed by atoms with E-state index in [4.69, 9.17) is 4.74 Å². The number of hydrogen-bond donors (Lipinski definition) is 1. The van der Waals surface area contributed by atoms with Gasteiger partial charge in [0, 0.05) is 49.2 Å². The first kappa shape index (κ1) is 20.1. The molecule has 0 radical (unpaired) electrons. The Balaban J connectivity index is 1.66. The first-order valence-electron chi connectivity index (χ1n) is 9.60. The molecule has 0 spiro atoms. The third-order valence-electron chi connectivity index (χ3n) is 4.90. The number of nitrogens with zero attached hydrogens (tertiary/aromatic N) is 4. The van der Waals surface area contributed by atoms with Crippen LogP contribution in [0.15, 0.2) is 67.1 Å². The van der Waals surface area contributed by atoms with Gasteiger partial charge in [-0.15, -0.1) is 0 Å².